The minimum atomic E-state index is -0.479. The Bertz CT molecular complexity index is 1090. The molecule has 0 aliphatic carbocycles. The van der Waals surface area contributed by atoms with Crippen molar-refractivity contribution in [3.63, 3.8) is 0 Å². The van der Waals surface area contributed by atoms with E-state index in [0.29, 0.717) is 11.3 Å². The number of esters is 1. The third-order valence-electron chi connectivity index (χ3n) is 4.04. The summed E-state index contributed by atoms with van der Waals surface area (Å²) in [6, 6.07) is 22.5. The van der Waals surface area contributed by atoms with Gasteiger partial charge < -0.3 is 9.47 Å². The lowest BCUT2D eigenvalue weighted by Crippen LogP contribution is -2.10. The summed E-state index contributed by atoms with van der Waals surface area (Å²) in [5, 5.41) is 3.02. The molecule has 0 amide bonds. The fraction of sp³-hybridized carbons (Fsp3) is 0.0476. The molecular weight excluding hydrogens is 314 g/mol. The summed E-state index contributed by atoms with van der Waals surface area (Å²) >= 11 is 0. The van der Waals surface area contributed by atoms with Crippen molar-refractivity contribution in [2.45, 2.75) is 0 Å². The van der Waals surface area contributed by atoms with Crippen LogP contribution >= 0.6 is 0 Å². The Balaban J connectivity index is 1.62. The zero-order chi connectivity index (χ0) is 17.2. The number of carbonyl (C=O) groups is 1. The van der Waals surface area contributed by atoms with Gasteiger partial charge in [-0.05, 0) is 47.2 Å². The van der Waals surface area contributed by atoms with Crippen molar-refractivity contribution in [1.82, 2.24) is 4.98 Å². The Morgan fingerprint density at radius 1 is 0.800 bits per heavy atom. The van der Waals surface area contributed by atoms with Gasteiger partial charge in [0.05, 0.1) is 12.6 Å². The molecule has 3 aromatic carbocycles. The number of aromatic nitrogens is 1. The van der Waals surface area contributed by atoms with Crippen molar-refractivity contribution in [3.8, 4) is 11.5 Å². The Hall–Kier alpha value is -3.40. The third kappa shape index (κ3) is 3.02. The van der Waals surface area contributed by atoms with E-state index < -0.39 is 5.97 Å². The number of nitrogens with zero attached hydrogens (tertiary/aromatic N) is 1. The first-order chi connectivity index (χ1) is 12.2. The first-order valence-electron chi connectivity index (χ1n) is 7.89. The van der Waals surface area contributed by atoms with E-state index in [9.17, 15) is 4.79 Å². The molecule has 4 rings (SSSR count). The van der Waals surface area contributed by atoms with Gasteiger partial charge in [-0.15, -0.1) is 0 Å². The maximum atomic E-state index is 12.4. The molecule has 4 aromatic rings. The summed E-state index contributed by atoms with van der Waals surface area (Å²) < 4.78 is 10.7. The first-order valence-corrected chi connectivity index (χ1v) is 7.89. The lowest BCUT2D eigenvalue weighted by Gasteiger charge is -2.07. The molecule has 1 heterocycles. The van der Waals surface area contributed by atoms with Gasteiger partial charge in [-0.25, -0.2) is 9.78 Å². The number of hydrogen-bond donors (Lipinski definition) is 0. The molecule has 25 heavy (non-hydrogen) atoms. The van der Waals surface area contributed by atoms with Crippen molar-refractivity contribution in [2.24, 2.45) is 0 Å². The van der Waals surface area contributed by atoms with E-state index in [1.807, 2.05) is 60.7 Å². The third-order valence-corrected chi connectivity index (χ3v) is 4.04. The molecule has 0 spiro atoms. The number of benzene rings is 3. The summed E-state index contributed by atoms with van der Waals surface area (Å²) in [4.78, 5) is 16.8. The second-order valence-corrected chi connectivity index (χ2v) is 5.65. The highest BCUT2D eigenvalue weighted by molar-refractivity contribution is 5.93. The molecule has 0 saturated carbocycles. The highest BCUT2D eigenvalue weighted by atomic mass is 16.5. The molecule has 0 aliphatic heterocycles. The number of methoxy groups -OCH3 is 1. The van der Waals surface area contributed by atoms with Crippen LogP contribution in [0, 0.1) is 0 Å². The quantitative estimate of drug-likeness (QED) is 0.406. The van der Waals surface area contributed by atoms with Crippen LogP contribution in [0.15, 0.2) is 72.8 Å². The lowest BCUT2D eigenvalue weighted by molar-refractivity contribution is 0.0729. The van der Waals surface area contributed by atoms with Gasteiger partial charge in [0.25, 0.3) is 0 Å². The average molecular weight is 329 g/mol. The van der Waals surface area contributed by atoms with Crippen LogP contribution in [0.2, 0.25) is 0 Å². The normalized spacial score (nSPS) is 10.8. The zero-order valence-corrected chi connectivity index (χ0v) is 13.6. The Morgan fingerprint density at radius 2 is 1.52 bits per heavy atom. The largest absolute Gasteiger partial charge is 0.497 e. The maximum Gasteiger partial charge on any atom is 0.362 e. The molecule has 4 heteroatoms. The highest BCUT2D eigenvalue weighted by Crippen LogP contribution is 2.23. The summed E-state index contributed by atoms with van der Waals surface area (Å²) in [5.41, 5.74) is 0.986. The maximum absolute atomic E-state index is 12.4. The van der Waals surface area contributed by atoms with E-state index in [0.717, 1.165) is 21.9 Å². The summed E-state index contributed by atoms with van der Waals surface area (Å²) in [7, 11) is 1.61. The number of ether oxygens (including phenoxy) is 2. The minimum absolute atomic E-state index is 0.269. The van der Waals surface area contributed by atoms with Crippen molar-refractivity contribution in [3.05, 3.63) is 78.5 Å². The molecule has 0 radical (unpaired) electrons. The van der Waals surface area contributed by atoms with Crippen LogP contribution in [0.5, 0.6) is 11.5 Å². The topological polar surface area (TPSA) is 48.4 Å². The number of carbonyl (C=O) groups excluding carboxylic acids is 1. The molecule has 122 valence electrons. The van der Waals surface area contributed by atoms with Gasteiger partial charge in [0, 0.05) is 5.39 Å². The molecule has 4 nitrogen and oxygen atoms in total. The summed E-state index contributed by atoms with van der Waals surface area (Å²) in [6.07, 6.45) is 0. The number of fused-ring (bicyclic) bond motifs is 2. The fourth-order valence-electron chi connectivity index (χ4n) is 2.73. The number of pyridine rings is 1. The Kier molecular flexibility index (Phi) is 3.78. The van der Waals surface area contributed by atoms with Gasteiger partial charge in [-0.1, -0.05) is 36.4 Å². The van der Waals surface area contributed by atoms with Crippen molar-refractivity contribution in [2.75, 3.05) is 7.11 Å². The van der Waals surface area contributed by atoms with E-state index in [4.69, 9.17) is 9.47 Å². The molecule has 0 N–H and O–H groups in total. The predicted octanol–water partition coefficient (Wildman–Crippen LogP) is 4.62. The number of hydrogen-bond acceptors (Lipinski definition) is 4. The van der Waals surface area contributed by atoms with Crippen LogP contribution in [0.4, 0.5) is 0 Å². The standard InChI is InChI=1S/C21H15NO3/c1-24-17-9-11-19-16(13-17)7-10-20(22-19)21(23)25-18-8-6-14-4-2-3-5-15(14)12-18/h2-13H,1H3. The molecule has 0 atom stereocenters. The lowest BCUT2D eigenvalue weighted by atomic mass is 10.1. The molecule has 0 bridgehead atoms. The van der Waals surface area contributed by atoms with Gasteiger partial charge in [-0.2, -0.15) is 0 Å². The van der Waals surface area contributed by atoms with Crippen LogP contribution < -0.4 is 9.47 Å². The van der Waals surface area contributed by atoms with E-state index >= 15 is 0 Å². The zero-order valence-electron chi connectivity index (χ0n) is 13.6. The van der Waals surface area contributed by atoms with Crippen LogP contribution in [-0.2, 0) is 0 Å². The van der Waals surface area contributed by atoms with Gasteiger partial charge in [-0.3, -0.25) is 0 Å². The van der Waals surface area contributed by atoms with Gasteiger partial charge in [0.1, 0.15) is 17.2 Å². The Morgan fingerprint density at radius 3 is 2.36 bits per heavy atom. The van der Waals surface area contributed by atoms with E-state index in [-0.39, 0.29) is 5.69 Å². The van der Waals surface area contributed by atoms with Gasteiger partial charge in [0.2, 0.25) is 0 Å². The van der Waals surface area contributed by atoms with Crippen LogP contribution in [-0.4, -0.2) is 18.1 Å². The average Bonchev–Trinajstić information content (AvgIpc) is 2.67. The van der Waals surface area contributed by atoms with Crippen LogP contribution in [0.25, 0.3) is 21.7 Å². The molecule has 0 saturated heterocycles. The fourth-order valence-corrected chi connectivity index (χ4v) is 2.73. The monoisotopic (exact) mass is 329 g/mol. The van der Waals surface area contributed by atoms with E-state index in [1.54, 1.807) is 19.2 Å². The van der Waals surface area contributed by atoms with Crippen LogP contribution in [0.1, 0.15) is 10.5 Å². The second kappa shape index (κ2) is 6.24. The molecular formula is C21H15NO3. The first kappa shape index (κ1) is 15.1. The molecule has 1 aromatic heterocycles. The van der Waals surface area contributed by atoms with Crippen molar-refractivity contribution in [1.29, 1.82) is 0 Å². The summed E-state index contributed by atoms with van der Waals surface area (Å²) in [5.74, 6) is 0.772. The summed E-state index contributed by atoms with van der Waals surface area (Å²) in [6.45, 7) is 0. The van der Waals surface area contributed by atoms with Gasteiger partial charge in [0.15, 0.2) is 0 Å². The smallest absolute Gasteiger partial charge is 0.362 e. The molecule has 0 unspecified atom stereocenters. The second-order valence-electron chi connectivity index (χ2n) is 5.65. The number of rotatable bonds is 3. The SMILES string of the molecule is COc1ccc2nc(C(=O)Oc3ccc4ccccc4c3)ccc2c1. The van der Waals surface area contributed by atoms with E-state index in [1.165, 1.54) is 0 Å². The van der Waals surface area contributed by atoms with Crippen molar-refractivity contribution >= 4 is 27.6 Å². The van der Waals surface area contributed by atoms with Gasteiger partial charge >= 0.3 is 5.97 Å². The minimum Gasteiger partial charge on any atom is -0.497 e. The van der Waals surface area contributed by atoms with E-state index in [2.05, 4.69) is 4.98 Å². The Labute approximate surface area is 144 Å². The molecule has 0 aliphatic rings. The molecule has 0 fully saturated rings. The van der Waals surface area contributed by atoms with Crippen LogP contribution in [0.3, 0.4) is 0 Å². The predicted molar refractivity (Wildman–Crippen MR) is 97.2 cm³/mol. The highest BCUT2D eigenvalue weighted by Gasteiger charge is 2.12. The van der Waals surface area contributed by atoms with Crippen molar-refractivity contribution < 1.29 is 14.3 Å².